The molecule has 2 rings (SSSR count). The predicted molar refractivity (Wildman–Crippen MR) is 88.4 cm³/mol. The fourth-order valence-corrected chi connectivity index (χ4v) is 5.50. The van der Waals surface area contributed by atoms with E-state index in [2.05, 4.69) is 31.3 Å². The van der Waals surface area contributed by atoms with Crippen molar-refractivity contribution in [3.05, 3.63) is 35.4 Å². The van der Waals surface area contributed by atoms with Crippen molar-refractivity contribution in [2.75, 3.05) is 12.3 Å². The third-order valence-electron chi connectivity index (χ3n) is 4.38. The largest absolute Gasteiger partial charge is 0.309 e. The van der Waals surface area contributed by atoms with Crippen LogP contribution in [0, 0.1) is 0 Å². The van der Waals surface area contributed by atoms with Crippen LogP contribution in [0.4, 0.5) is 0 Å². The maximum absolute atomic E-state index is 12.7. The van der Waals surface area contributed by atoms with Crippen molar-refractivity contribution in [1.82, 2.24) is 5.32 Å². The molecule has 118 valence electrons. The first-order chi connectivity index (χ1) is 10.0. The van der Waals surface area contributed by atoms with Crippen LogP contribution in [0.1, 0.15) is 63.1 Å². The molecule has 0 saturated heterocycles. The molecule has 0 fully saturated rings. The van der Waals surface area contributed by atoms with E-state index in [-0.39, 0.29) is 17.0 Å². The molecule has 3 unspecified atom stereocenters. The summed E-state index contributed by atoms with van der Waals surface area (Å²) in [7, 11) is -3.05. The minimum Gasteiger partial charge on any atom is -0.309 e. The number of hydrogen-bond donors (Lipinski definition) is 1. The van der Waals surface area contributed by atoms with E-state index in [4.69, 9.17) is 0 Å². The lowest BCUT2D eigenvalue weighted by atomic mass is 9.80. The summed E-state index contributed by atoms with van der Waals surface area (Å²) >= 11 is 0. The van der Waals surface area contributed by atoms with E-state index >= 15 is 0 Å². The van der Waals surface area contributed by atoms with E-state index in [1.54, 1.807) is 0 Å². The zero-order chi connectivity index (χ0) is 15.5. The van der Waals surface area contributed by atoms with E-state index in [1.807, 2.05) is 19.1 Å². The zero-order valence-corrected chi connectivity index (χ0v) is 14.1. The average Bonchev–Trinajstić information content (AvgIpc) is 2.46. The molecule has 4 heteroatoms. The Kier molecular flexibility index (Phi) is 5.44. The van der Waals surface area contributed by atoms with Gasteiger partial charge in [0.15, 0.2) is 9.84 Å². The van der Waals surface area contributed by atoms with Gasteiger partial charge in [-0.1, -0.05) is 45.0 Å². The molecule has 0 spiro atoms. The predicted octanol–water partition coefficient (Wildman–Crippen LogP) is 3.43. The number of hydrogen-bond acceptors (Lipinski definition) is 3. The molecule has 0 aromatic heterocycles. The minimum absolute atomic E-state index is 0.0612. The van der Waals surface area contributed by atoms with Crippen molar-refractivity contribution in [1.29, 1.82) is 0 Å². The topological polar surface area (TPSA) is 46.2 Å². The molecule has 1 aliphatic carbocycles. The molecular formula is C17H27NO2S. The number of sulfone groups is 1. The quantitative estimate of drug-likeness (QED) is 0.875. The van der Waals surface area contributed by atoms with Crippen molar-refractivity contribution in [2.24, 2.45) is 0 Å². The summed E-state index contributed by atoms with van der Waals surface area (Å²) in [5.41, 5.74) is 2.48. The van der Waals surface area contributed by atoms with Crippen LogP contribution in [0.3, 0.4) is 0 Å². The lowest BCUT2D eigenvalue weighted by Crippen LogP contribution is -2.42. The SMILES string of the molecule is CCCNC1c2ccccc2C(C)CC1S(=O)(=O)CCC. The minimum atomic E-state index is -3.05. The van der Waals surface area contributed by atoms with Crippen LogP contribution < -0.4 is 5.32 Å². The fraction of sp³-hybridized carbons (Fsp3) is 0.647. The highest BCUT2D eigenvalue weighted by Crippen LogP contribution is 2.40. The van der Waals surface area contributed by atoms with Gasteiger partial charge in [0.05, 0.1) is 11.0 Å². The molecule has 1 aromatic rings. The van der Waals surface area contributed by atoms with Gasteiger partial charge in [0.1, 0.15) is 0 Å². The van der Waals surface area contributed by atoms with Crippen molar-refractivity contribution in [3.63, 3.8) is 0 Å². The van der Waals surface area contributed by atoms with Crippen LogP contribution in [0.5, 0.6) is 0 Å². The van der Waals surface area contributed by atoms with Crippen LogP contribution in [-0.2, 0) is 9.84 Å². The molecular weight excluding hydrogens is 282 g/mol. The Labute approximate surface area is 129 Å². The molecule has 0 amide bonds. The highest BCUT2D eigenvalue weighted by Gasteiger charge is 2.39. The summed E-state index contributed by atoms with van der Waals surface area (Å²) in [5, 5.41) is 3.19. The van der Waals surface area contributed by atoms with Crippen LogP contribution in [0.2, 0.25) is 0 Å². The van der Waals surface area contributed by atoms with Gasteiger partial charge < -0.3 is 5.32 Å². The lowest BCUT2D eigenvalue weighted by molar-refractivity contribution is 0.424. The second-order valence-corrected chi connectivity index (χ2v) is 8.44. The standard InChI is InChI=1S/C17H27NO2S/c1-4-10-18-17-15-9-7-6-8-14(15)13(3)12-16(17)21(19,20)11-5-2/h6-9,13,16-18H,4-5,10-12H2,1-3H3. The second kappa shape index (κ2) is 6.93. The molecule has 1 aliphatic rings. The van der Waals surface area contributed by atoms with Crippen molar-refractivity contribution in [3.8, 4) is 0 Å². The molecule has 3 nitrogen and oxygen atoms in total. The maximum atomic E-state index is 12.7. The summed E-state index contributed by atoms with van der Waals surface area (Å²) < 4.78 is 25.3. The van der Waals surface area contributed by atoms with Crippen LogP contribution in [-0.4, -0.2) is 26.0 Å². The molecule has 0 aliphatic heterocycles. The Morgan fingerprint density at radius 2 is 1.81 bits per heavy atom. The van der Waals surface area contributed by atoms with E-state index in [0.29, 0.717) is 12.3 Å². The van der Waals surface area contributed by atoms with E-state index < -0.39 is 9.84 Å². The van der Waals surface area contributed by atoms with Gasteiger partial charge >= 0.3 is 0 Å². The van der Waals surface area contributed by atoms with E-state index in [9.17, 15) is 8.42 Å². The smallest absolute Gasteiger partial charge is 0.155 e. The Hall–Kier alpha value is -0.870. The molecule has 0 saturated carbocycles. The van der Waals surface area contributed by atoms with Gasteiger partial charge in [-0.3, -0.25) is 0 Å². The highest BCUT2D eigenvalue weighted by atomic mass is 32.2. The monoisotopic (exact) mass is 309 g/mol. The molecule has 0 bridgehead atoms. The van der Waals surface area contributed by atoms with Crippen LogP contribution in [0.25, 0.3) is 0 Å². The lowest BCUT2D eigenvalue weighted by Gasteiger charge is -2.37. The Balaban J connectivity index is 2.41. The van der Waals surface area contributed by atoms with Crippen molar-refractivity contribution in [2.45, 2.75) is 57.2 Å². The highest BCUT2D eigenvalue weighted by molar-refractivity contribution is 7.92. The number of rotatable bonds is 6. The molecule has 3 atom stereocenters. The third kappa shape index (κ3) is 3.49. The van der Waals surface area contributed by atoms with Gasteiger partial charge in [0.25, 0.3) is 0 Å². The van der Waals surface area contributed by atoms with Gasteiger partial charge in [-0.05, 0) is 42.9 Å². The summed E-state index contributed by atoms with van der Waals surface area (Å²) in [6, 6.07) is 8.23. The third-order valence-corrected chi connectivity index (χ3v) is 6.75. The average molecular weight is 309 g/mol. The second-order valence-electron chi connectivity index (χ2n) is 6.10. The van der Waals surface area contributed by atoms with Gasteiger partial charge in [-0.15, -0.1) is 0 Å². The van der Waals surface area contributed by atoms with Crippen LogP contribution in [0.15, 0.2) is 24.3 Å². The molecule has 1 N–H and O–H groups in total. The Morgan fingerprint density at radius 1 is 1.14 bits per heavy atom. The normalized spacial score (nSPS) is 25.6. The van der Waals surface area contributed by atoms with E-state index in [1.165, 1.54) is 11.1 Å². The van der Waals surface area contributed by atoms with Gasteiger partial charge in [-0.2, -0.15) is 0 Å². The zero-order valence-electron chi connectivity index (χ0n) is 13.3. The summed E-state index contributed by atoms with van der Waals surface area (Å²) in [5.74, 6) is 0.592. The number of benzene rings is 1. The van der Waals surface area contributed by atoms with Gasteiger partial charge in [0, 0.05) is 6.04 Å². The van der Waals surface area contributed by atoms with Crippen molar-refractivity contribution < 1.29 is 8.42 Å². The van der Waals surface area contributed by atoms with Crippen LogP contribution >= 0.6 is 0 Å². The van der Waals surface area contributed by atoms with Gasteiger partial charge in [-0.25, -0.2) is 8.42 Å². The number of fused-ring (bicyclic) bond motifs is 1. The molecule has 1 aromatic carbocycles. The summed E-state index contributed by atoms with van der Waals surface area (Å²) in [6.45, 7) is 7.04. The number of nitrogens with one attached hydrogen (secondary N) is 1. The maximum Gasteiger partial charge on any atom is 0.155 e. The van der Waals surface area contributed by atoms with E-state index in [0.717, 1.165) is 19.4 Å². The van der Waals surface area contributed by atoms with Gasteiger partial charge in [0.2, 0.25) is 0 Å². The Bertz CT molecular complexity index is 568. The first-order valence-electron chi connectivity index (χ1n) is 8.05. The molecule has 21 heavy (non-hydrogen) atoms. The first-order valence-corrected chi connectivity index (χ1v) is 9.76. The molecule has 0 heterocycles. The fourth-order valence-electron chi connectivity index (χ4n) is 3.39. The van der Waals surface area contributed by atoms with Crippen molar-refractivity contribution >= 4 is 9.84 Å². The first kappa shape index (κ1) is 16.5. The summed E-state index contributed by atoms with van der Waals surface area (Å²) in [6.07, 6.45) is 2.42. The Morgan fingerprint density at radius 3 is 2.43 bits per heavy atom. The summed E-state index contributed by atoms with van der Waals surface area (Å²) in [4.78, 5) is 0. The molecule has 0 radical (unpaired) electrons.